The summed E-state index contributed by atoms with van der Waals surface area (Å²) >= 11 is 0. The Kier molecular flexibility index (Phi) is 5.74. The van der Waals surface area contributed by atoms with Gasteiger partial charge in [0.05, 0.1) is 10.1 Å². The molecule has 1 aromatic carbocycles. The molecule has 1 saturated carbocycles. The van der Waals surface area contributed by atoms with Crippen molar-refractivity contribution in [3.8, 4) is 0 Å². The first-order valence-electron chi connectivity index (χ1n) is 9.59. The second-order valence-electron chi connectivity index (χ2n) is 8.71. The van der Waals surface area contributed by atoms with Gasteiger partial charge >= 0.3 is 0 Å². The highest BCUT2D eigenvalue weighted by Crippen LogP contribution is 2.33. The molecule has 0 aromatic heterocycles. The zero-order chi connectivity index (χ0) is 19.9. The van der Waals surface area contributed by atoms with E-state index >= 15 is 0 Å². The zero-order valence-electron chi connectivity index (χ0n) is 16.3. The van der Waals surface area contributed by atoms with Gasteiger partial charge in [0, 0.05) is 19.6 Å². The van der Waals surface area contributed by atoms with E-state index in [1.54, 1.807) is 16.4 Å². The molecule has 1 aliphatic carbocycles. The number of benzene rings is 1. The van der Waals surface area contributed by atoms with Crippen molar-refractivity contribution >= 4 is 20.0 Å². The predicted octanol–water partition coefficient (Wildman–Crippen LogP) is 2.47. The summed E-state index contributed by atoms with van der Waals surface area (Å²) in [5.74, 6) is 0.166. The summed E-state index contributed by atoms with van der Waals surface area (Å²) < 4.78 is 53.9. The minimum atomic E-state index is -3.55. The third-order valence-corrected chi connectivity index (χ3v) is 9.31. The van der Waals surface area contributed by atoms with Crippen LogP contribution in [-0.2, 0) is 25.5 Å². The fourth-order valence-corrected chi connectivity index (χ4v) is 6.38. The molecule has 1 N–H and O–H groups in total. The van der Waals surface area contributed by atoms with Gasteiger partial charge in [-0.2, -0.15) is 0 Å². The molecule has 27 heavy (non-hydrogen) atoms. The van der Waals surface area contributed by atoms with Gasteiger partial charge in [-0.1, -0.05) is 32.9 Å². The van der Waals surface area contributed by atoms with Gasteiger partial charge in [0.2, 0.25) is 20.0 Å². The van der Waals surface area contributed by atoms with Crippen LogP contribution in [-0.4, -0.2) is 46.0 Å². The molecule has 1 heterocycles. The van der Waals surface area contributed by atoms with E-state index in [1.165, 1.54) is 0 Å². The lowest BCUT2D eigenvalue weighted by Crippen LogP contribution is -2.42. The fraction of sp³-hybridized carbons (Fsp3) is 0.684. The van der Waals surface area contributed by atoms with Crippen LogP contribution in [0.25, 0.3) is 0 Å². The highest BCUT2D eigenvalue weighted by molar-refractivity contribution is 7.90. The third kappa shape index (κ3) is 4.91. The molecule has 2 aliphatic rings. The lowest BCUT2D eigenvalue weighted by molar-refractivity contribution is 0.274. The standard InChI is InChI=1S/C19H30N2O4S2/c1-19(2,3)16-4-6-17(7-5-16)26(22,23)20-14-15-10-12-21(13-11-15)27(24,25)18-8-9-18/h4-7,15,18,20H,8-14H2,1-3H3. The molecule has 0 amide bonds. The van der Waals surface area contributed by atoms with Crippen molar-refractivity contribution in [3.05, 3.63) is 29.8 Å². The van der Waals surface area contributed by atoms with Gasteiger partial charge in [-0.25, -0.2) is 25.9 Å². The molecule has 0 unspecified atom stereocenters. The average Bonchev–Trinajstić information content (AvgIpc) is 3.45. The van der Waals surface area contributed by atoms with E-state index in [4.69, 9.17) is 0 Å². The first-order valence-corrected chi connectivity index (χ1v) is 12.6. The zero-order valence-corrected chi connectivity index (χ0v) is 17.9. The van der Waals surface area contributed by atoms with E-state index in [2.05, 4.69) is 25.5 Å². The maximum atomic E-state index is 12.5. The number of piperidine rings is 1. The topological polar surface area (TPSA) is 83.6 Å². The summed E-state index contributed by atoms with van der Waals surface area (Å²) in [4.78, 5) is 0.268. The monoisotopic (exact) mass is 414 g/mol. The van der Waals surface area contributed by atoms with Gasteiger partial charge in [-0.3, -0.25) is 0 Å². The van der Waals surface area contributed by atoms with E-state index in [-0.39, 0.29) is 21.5 Å². The number of hydrogen-bond acceptors (Lipinski definition) is 4. The fourth-order valence-electron chi connectivity index (χ4n) is 3.39. The van der Waals surface area contributed by atoms with Crippen LogP contribution in [0.5, 0.6) is 0 Å². The smallest absolute Gasteiger partial charge is 0.212 e. The molecule has 0 atom stereocenters. The van der Waals surface area contributed by atoms with Crippen LogP contribution in [0.4, 0.5) is 0 Å². The van der Waals surface area contributed by atoms with Crippen molar-refractivity contribution in [2.75, 3.05) is 19.6 Å². The number of nitrogens with zero attached hydrogens (tertiary/aromatic N) is 1. The van der Waals surface area contributed by atoms with E-state index in [1.807, 2.05) is 12.1 Å². The highest BCUT2D eigenvalue weighted by Gasteiger charge is 2.41. The van der Waals surface area contributed by atoms with Crippen molar-refractivity contribution in [2.24, 2.45) is 5.92 Å². The Balaban J connectivity index is 1.54. The van der Waals surface area contributed by atoms with Crippen molar-refractivity contribution in [1.29, 1.82) is 0 Å². The molecule has 0 spiro atoms. The minimum Gasteiger partial charge on any atom is -0.212 e. The molecule has 3 rings (SSSR count). The van der Waals surface area contributed by atoms with Crippen molar-refractivity contribution in [3.63, 3.8) is 0 Å². The Bertz CT molecular complexity index is 859. The summed E-state index contributed by atoms with van der Waals surface area (Å²) in [7, 11) is -6.67. The van der Waals surface area contributed by atoms with E-state index in [9.17, 15) is 16.8 Å². The van der Waals surface area contributed by atoms with Crippen molar-refractivity contribution in [1.82, 2.24) is 9.03 Å². The largest absolute Gasteiger partial charge is 0.240 e. The van der Waals surface area contributed by atoms with Crippen LogP contribution in [0.1, 0.15) is 52.0 Å². The van der Waals surface area contributed by atoms with Crippen LogP contribution < -0.4 is 4.72 Å². The van der Waals surface area contributed by atoms with Crippen LogP contribution >= 0.6 is 0 Å². The van der Waals surface area contributed by atoms with Crippen LogP contribution in [0.2, 0.25) is 0 Å². The minimum absolute atomic E-state index is 0.0233. The molecule has 2 fully saturated rings. The van der Waals surface area contributed by atoms with Crippen LogP contribution in [0.3, 0.4) is 0 Å². The second-order valence-corrected chi connectivity index (χ2v) is 12.7. The van der Waals surface area contributed by atoms with Gasteiger partial charge < -0.3 is 0 Å². The quantitative estimate of drug-likeness (QED) is 0.775. The Labute approximate surface area is 163 Å². The van der Waals surface area contributed by atoms with Crippen molar-refractivity contribution < 1.29 is 16.8 Å². The summed E-state index contributed by atoms with van der Waals surface area (Å²) in [6, 6.07) is 7.01. The maximum Gasteiger partial charge on any atom is 0.240 e. The molecule has 8 heteroatoms. The summed E-state index contributed by atoms with van der Waals surface area (Å²) in [5.41, 5.74) is 1.07. The number of hydrogen-bond donors (Lipinski definition) is 1. The molecular formula is C19H30N2O4S2. The first-order chi connectivity index (χ1) is 12.5. The number of nitrogens with one attached hydrogen (secondary N) is 1. The molecule has 1 saturated heterocycles. The molecule has 152 valence electrons. The first kappa shape index (κ1) is 20.8. The van der Waals surface area contributed by atoms with Crippen LogP contribution in [0, 0.1) is 5.92 Å². The second kappa shape index (κ2) is 7.46. The Morgan fingerprint density at radius 3 is 2.00 bits per heavy atom. The van der Waals surface area contributed by atoms with Crippen molar-refractivity contribution in [2.45, 2.75) is 62.0 Å². The molecular weight excluding hydrogens is 384 g/mol. The average molecular weight is 415 g/mol. The molecule has 6 nitrogen and oxygen atoms in total. The van der Waals surface area contributed by atoms with Gasteiger partial charge in [0.25, 0.3) is 0 Å². The SMILES string of the molecule is CC(C)(C)c1ccc(S(=O)(=O)NCC2CCN(S(=O)(=O)C3CC3)CC2)cc1. The summed E-state index contributed by atoms with van der Waals surface area (Å²) in [5, 5.41) is -0.177. The van der Waals surface area contributed by atoms with E-state index < -0.39 is 20.0 Å². The summed E-state index contributed by atoms with van der Waals surface area (Å²) in [6.07, 6.45) is 2.93. The Morgan fingerprint density at radius 1 is 0.963 bits per heavy atom. The van der Waals surface area contributed by atoms with Crippen LogP contribution in [0.15, 0.2) is 29.2 Å². The lowest BCUT2D eigenvalue weighted by atomic mass is 9.87. The Hall–Kier alpha value is -0.960. The maximum absolute atomic E-state index is 12.5. The Morgan fingerprint density at radius 2 is 1.52 bits per heavy atom. The molecule has 1 aromatic rings. The lowest BCUT2D eigenvalue weighted by Gasteiger charge is -2.31. The van der Waals surface area contributed by atoms with E-state index in [0.29, 0.717) is 32.5 Å². The summed E-state index contributed by atoms with van der Waals surface area (Å²) in [6.45, 7) is 7.59. The van der Waals surface area contributed by atoms with Gasteiger partial charge in [-0.05, 0) is 54.7 Å². The van der Waals surface area contributed by atoms with Gasteiger partial charge in [0.15, 0.2) is 0 Å². The van der Waals surface area contributed by atoms with Gasteiger partial charge in [-0.15, -0.1) is 0 Å². The number of sulfonamides is 2. The normalized spacial score (nSPS) is 20.7. The molecule has 0 radical (unpaired) electrons. The third-order valence-electron chi connectivity index (χ3n) is 5.47. The predicted molar refractivity (Wildman–Crippen MR) is 107 cm³/mol. The number of rotatable bonds is 6. The van der Waals surface area contributed by atoms with E-state index in [0.717, 1.165) is 18.4 Å². The molecule has 0 bridgehead atoms. The van der Waals surface area contributed by atoms with Gasteiger partial charge in [0.1, 0.15) is 0 Å². The highest BCUT2D eigenvalue weighted by atomic mass is 32.2. The molecule has 1 aliphatic heterocycles.